The Hall–Kier alpha value is -2.10. The van der Waals surface area contributed by atoms with Crippen LogP contribution in [0.1, 0.15) is 79.6 Å². The summed E-state index contributed by atoms with van der Waals surface area (Å²) in [6.07, 6.45) is 4.39. The van der Waals surface area contributed by atoms with Gasteiger partial charge in [-0.1, -0.05) is 41.0 Å². The van der Waals surface area contributed by atoms with E-state index in [1.54, 1.807) is 30.8 Å². The van der Waals surface area contributed by atoms with Gasteiger partial charge in [-0.15, -0.1) is 11.8 Å². The van der Waals surface area contributed by atoms with Gasteiger partial charge in [-0.05, 0) is 43.3 Å². The molecule has 0 spiro atoms. The van der Waals surface area contributed by atoms with Gasteiger partial charge >= 0.3 is 0 Å². The fraction of sp³-hybridized carbons (Fsp3) is 0.815. The minimum atomic E-state index is -0.665. The lowest BCUT2D eigenvalue weighted by molar-refractivity contribution is -0.141. The largest absolute Gasteiger partial charge is 0.345 e. The highest BCUT2D eigenvalue weighted by Crippen LogP contribution is 2.27. The second-order valence-electron chi connectivity index (χ2n) is 10.7. The molecule has 1 saturated heterocycles. The quantitative estimate of drug-likeness (QED) is 0.225. The van der Waals surface area contributed by atoms with E-state index in [2.05, 4.69) is 19.2 Å². The van der Waals surface area contributed by atoms with Gasteiger partial charge in [0.05, 0.1) is 11.8 Å². The Bertz CT molecular complexity index is 789. The lowest BCUT2D eigenvalue weighted by Crippen LogP contribution is -2.52. The van der Waals surface area contributed by atoms with Gasteiger partial charge in [0.25, 0.3) is 0 Å². The molecule has 0 radical (unpaired) electrons. The van der Waals surface area contributed by atoms with Crippen LogP contribution in [0.5, 0.6) is 0 Å². The number of likely N-dealkylation sites (tertiary alicyclic amines) is 1. The maximum atomic E-state index is 12.8. The van der Waals surface area contributed by atoms with E-state index in [-0.39, 0.29) is 60.1 Å². The van der Waals surface area contributed by atoms with Crippen LogP contribution in [-0.2, 0) is 24.0 Å². The zero-order valence-corrected chi connectivity index (χ0v) is 24.7. The van der Waals surface area contributed by atoms with Gasteiger partial charge in [0.1, 0.15) is 6.04 Å². The molecule has 2 atom stereocenters. The lowest BCUT2D eigenvalue weighted by Gasteiger charge is -2.30. The van der Waals surface area contributed by atoms with E-state index in [1.165, 1.54) is 9.80 Å². The smallest absolute Gasteiger partial charge is 0.243 e. The van der Waals surface area contributed by atoms with E-state index in [0.29, 0.717) is 38.3 Å². The number of amides is 5. The summed E-state index contributed by atoms with van der Waals surface area (Å²) in [6.45, 7) is 10.9. The third-order valence-corrected chi connectivity index (χ3v) is 7.84. The Labute approximate surface area is 227 Å². The number of nitrogens with one attached hydrogen (secondary N) is 1. The van der Waals surface area contributed by atoms with Gasteiger partial charge in [-0.25, -0.2) is 0 Å². The molecule has 37 heavy (non-hydrogen) atoms. The number of rotatable bonds is 17. The maximum Gasteiger partial charge on any atom is 0.243 e. The van der Waals surface area contributed by atoms with Crippen LogP contribution >= 0.6 is 11.8 Å². The molecule has 1 aliphatic rings. The van der Waals surface area contributed by atoms with E-state index in [0.717, 1.165) is 18.6 Å². The number of likely N-dealkylation sites (N-methyl/N-ethyl adjacent to an activating group) is 2. The summed E-state index contributed by atoms with van der Waals surface area (Å²) in [5.74, 6) is 0.511. The Morgan fingerprint density at radius 1 is 1.05 bits per heavy atom. The van der Waals surface area contributed by atoms with E-state index in [9.17, 15) is 24.0 Å². The molecule has 1 fully saturated rings. The third kappa shape index (κ3) is 11.0. The summed E-state index contributed by atoms with van der Waals surface area (Å²) in [4.78, 5) is 67.0. The zero-order chi connectivity index (χ0) is 28.1. The van der Waals surface area contributed by atoms with Gasteiger partial charge in [0.2, 0.25) is 29.5 Å². The second kappa shape index (κ2) is 16.7. The molecular formula is C27H48N4O5S. The average molecular weight is 541 g/mol. The maximum absolute atomic E-state index is 12.8. The van der Waals surface area contributed by atoms with E-state index in [4.69, 9.17) is 0 Å². The number of hydrogen-bond donors (Lipinski definition) is 1. The van der Waals surface area contributed by atoms with E-state index >= 15 is 0 Å². The first-order valence-corrected chi connectivity index (χ1v) is 14.7. The molecule has 1 N–H and O–H groups in total. The first-order chi connectivity index (χ1) is 17.4. The number of hydrogen-bond acceptors (Lipinski definition) is 6. The molecule has 0 aromatic carbocycles. The molecule has 0 aliphatic carbocycles. The lowest BCUT2D eigenvalue weighted by atomic mass is 10.0. The second-order valence-corrected chi connectivity index (χ2v) is 12.0. The summed E-state index contributed by atoms with van der Waals surface area (Å²) in [6, 6.07) is -0.665. The molecule has 1 aliphatic heterocycles. The Kier molecular flexibility index (Phi) is 14.8. The van der Waals surface area contributed by atoms with Crippen molar-refractivity contribution in [2.75, 3.05) is 39.5 Å². The van der Waals surface area contributed by atoms with Crippen LogP contribution in [0.4, 0.5) is 0 Å². The van der Waals surface area contributed by atoms with Crippen molar-refractivity contribution >= 4 is 41.3 Å². The standard InChI is InChI=1S/C27H48N4O5S/c1-8-14-29(6)24(34)18-28-26(35)25(20(4)5)30(7)22(32)12-10-9-11-15-31-23(33)17-21(27(31)36)37-16-13-19(2)3/h19-21,25H,8-18H2,1-7H3,(H,28,35). The van der Waals surface area contributed by atoms with E-state index < -0.39 is 6.04 Å². The molecule has 5 amide bonds. The van der Waals surface area contributed by atoms with E-state index in [1.807, 2.05) is 20.8 Å². The molecule has 1 heterocycles. The van der Waals surface area contributed by atoms with Crippen LogP contribution in [-0.4, -0.2) is 95.0 Å². The molecule has 212 valence electrons. The van der Waals surface area contributed by atoms with Crippen molar-refractivity contribution in [3.05, 3.63) is 0 Å². The highest BCUT2D eigenvalue weighted by atomic mass is 32.2. The normalized spacial score (nSPS) is 16.5. The summed E-state index contributed by atoms with van der Waals surface area (Å²) in [5, 5.41) is 2.42. The molecule has 1 rings (SSSR count). The van der Waals surface area contributed by atoms with Crippen molar-refractivity contribution in [2.24, 2.45) is 11.8 Å². The summed E-state index contributed by atoms with van der Waals surface area (Å²) in [7, 11) is 3.32. The van der Waals surface area contributed by atoms with Crippen LogP contribution in [0.3, 0.4) is 0 Å². The van der Waals surface area contributed by atoms with Crippen LogP contribution in [0.25, 0.3) is 0 Å². The number of imide groups is 1. The molecule has 2 unspecified atom stereocenters. The van der Waals surface area contributed by atoms with Crippen molar-refractivity contribution in [3.63, 3.8) is 0 Å². The summed E-state index contributed by atoms with van der Waals surface area (Å²) >= 11 is 1.58. The van der Waals surface area contributed by atoms with Crippen molar-refractivity contribution in [2.45, 2.75) is 90.9 Å². The topological polar surface area (TPSA) is 107 Å². The number of carbonyl (C=O) groups is 5. The molecule has 0 saturated carbocycles. The fourth-order valence-electron chi connectivity index (χ4n) is 4.31. The Balaban J connectivity index is 2.44. The number of unbranched alkanes of at least 4 members (excludes halogenated alkanes) is 2. The predicted octanol–water partition coefficient (Wildman–Crippen LogP) is 2.92. The number of carbonyl (C=O) groups excluding carboxylic acids is 5. The van der Waals surface area contributed by atoms with Crippen LogP contribution in [0.15, 0.2) is 0 Å². The fourth-order valence-corrected chi connectivity index (χ4v) is 5.73. The average Bonchev–Trinajstić information content (AvgIpc) is 3.09. The first-order valence-electron chi connectivity index (χ1n) is 13.6. The third-order valence-electron chi connectivity index (χ3n) is 6.60. The monoisotopic (exact) mass is 540 g/mol. The minimum Gasteiger partial charge on any atom is -0.345 e. The zero-order valence-electron chi connectivity index (χ0n) is 23.9. The summed E-state index contributed by atoms with van der Waals surface area (Å²) < 4.78 is 0. The molecule has 0 aromatic rings. The van der Waals surface area contributed by atoms with Crippen LogP contribution in [0, 0.1) is 11.8 Å². The molecule has 0 aromatic heterocycles. The van der Waals surface area contributed by atoms with Gasteiger partial charge in [-0.3, -0.25) is 28.9 Å². The summed E-state index contributed by atoms with van der Waals surface area (Å²) in [5.41, 5.74) is 0. The minimum absolute atomic E-state index is 0.0836. The molecular weight excluding hydrogens is 492 g/mol. The number of nitrogens with zero attached hydrogens (tertiary/aromatic N) is 3. The highest BCUT2D eigenvalue weighted by molar-refractivity contribution is 8.00. The van der Waals surface area contributed by atoms with Crippen molar-refractivity contribution in [1.29, 1.82) is 0 Å². The van der Waals surface area contributed by atoms with Crippen molar-refractivity contribution in [3.8, 4) is 0 Å². The molecule has 0 bridgehead atoms. The predicted molar refractivity (Wildman–Crippen MR) is 148 cm³/mol. The van der Waals surface area contributed by atoms with Crippen molar-refractivity contribution in [1.82, 2.24) is 20.0 Å². The van der Waals surface area contributed by atoms with Gasteiger partial charge in [-0.2, -0.15) is 0 Å². The highest BCUT2D eigenvalue weighted by Gasteiger charge is 2.38. The SMILES string of the molecule is CCCN(C)C(=O)CNC(=O)C(C(C)C)N(C)C(=O)CCCCCN1C(=O)CC(SCCC(C)C)C1=O. The van der Waals surface area contributed by atoms with Crippen LogP contribution in [0.2, 0.25) is 0 Å². The van der Waals surface area contributed by atoms with Crippen LogP contribution < -0.4 is 5.32 Å². The van der Waals surface area contributed by atoms with Crippen molar-refractivity contribution < 1.29 is 24.0 Å². The first kappa shape index (κ1) is 32.9. The Morgan fingerprint density at radius 3 is 2.32 bits per heavy atom. The number of thioether (sulfide) groups is 1. The van der Waals surface area contributed by atoms with Gasteiger partial charge < -0.3 is 15.1 Å². The Morgan fingerprint density at radius 2 is 1.73 bits per heavy atom. The molecule has 9 nitrogen and oxygen atoms in total. The van der Waals surface area contributed by atoms with Gasteiger partial charge in [0, 0.05) is 40.0 Å². The van der Waals surface area contributed by atoms with Gasteiger partial charge in [0.15, 0.2) is 0 Å². The molecule has 10 heteroatoms.